The van der Waals surface area contributed by atoms with Crippen molar-refractivity contribution in [1.29, 1.82) is 0 Å². The summed E-state index contributed by atoms with van der Waals surface area (Å²) in [6.07, 6.45) is 1.56. The van der Waals surface area contributed by atoms with Crippen molar-refractivity contribution >= 4 is 43.9 Å². The number of aryl methyl sites for hydroxylation is 1. The Labute approximate surface area is 163 Å². The molecule has 0 aliphatic rings. The summed E-state index contributed by atoms with van der Waals surface area (Å²) in [4.78, 5) is 34.8. The summed E-state index contributed by atoms with van der Waals surface area (Å²) in [5.74, 6) is -0.168. The molecule has 0 aliphatic carbocycles. The summed E-state index contributed by atoms with van der Waals surface area (Å²) in [6.45, 7) is 3.72. The first-order chi connectivity index (χ1) is 13.0. The first kappa shape index (κ1) is 17.6. The van der Waals surface area contributed by atoms with Gasteiger partial charge in [-0.25, -0.2) is 9.97 Å². The van der Waals surface area contributed by atoms with Gasteiger partial charge in [0, 0.05) is 17.2 Å². The van der Waals surface area contributed by atoms with E-state index in [-0.39, 0.29) is 11.5 Å². The molecule has 1 amide bonds. The fourth-order valence-electron chi connectivity index (χ4n) is 2.90. The maximum atomic E-state index is 13.0. The van der Waals surface area contributed by atoms with Crippen molar-refractivity contribution in [3.63, 3.8) is 0 Å². The fraction of sp³-hybridized carbons (Fsp3) is 0.158. The minimum absolute atomic E-state index is 0.0787. The van der Waals surface area contributed by atoms with Crippen molar-refractivity contribution in [3.05, 3.63) is 63.7 Å². The molecular formula is C19H16N4O2S2. The second-order valence-corrected chi connectivity index (χ2v) is 7.96. The average molecular weight is 396 g/mol. The van der Waals surface area contributed by atoms with Crippen molar-refractivity contribution in [1.82, 2.24) is 14.5 Å². The summed E-state index contributed by atoms with van der Waals surface area (Å²) in [5.41, 5.74) is 2.67. The van der Waals surface area contributed by atoms with Gasteiger partial charge in [0.2, 0.25) is 5.91 Å². The molecule has 1 N–H and O–H groups in total. The van der Waals surface area contributed by atoms with Crippen LogP contribution in [0.5, 0.6) is 0 Å². The number of carbonyl (C=O) groups excluding carboxylic acids is 1. The lowest BCUT2D eigenvalue weighted by molar-refractivity contribution is -0.114. The third-order valence-corrected chi connectivity index (χ3v) is 6.18. The van der Waals surface area contributed by atoms with Crippen molar-refractivity contribution < 1.29 is 4.79 Å². The molecule has 1 aromatic carbocycles. The first-order valence-electron chi connectivity index (χ1n) is 8.29. The third-order valence-electron chi connectivity index (χ3n) is 4.12. The van der Waals surface area contributed by atoms with Crippen LogP contribution in [0.15, 0.2) is 46.8 Å². The van der Waals surface area contributed by atoms with Crippen LogP contribution < -0.4 is 10.9 Å². The highest BCUT2D eigenvalue weighted by Gasteiger charge is 2.16. The Balaban J connectivity index is 1.72. The van der Waals surface area contributed by atoms with Gasteiger partial charge >= 0.3 is 0 Å². The second-order valence-electron chi connectivity index (χ2n) is 6.11. The highest BCUT2D eigenvalue weighted by atomic mass is 32.1. The smallest absolute Gasteiger partial charge is 0.262 e. The largest absolute Gasteiger partial charge is 0.302 e. The van der Waals surface area contributed by atoms with E-state index in [1.165, 1.54) is 29.6 Å². The van der Waals surface area contributed by atoms with Gasteiger partial charge in [0.25, 0.3) is 5.56 Å². The molecule has 0 saturated carbocycles. The SMILES string of the molecule is CC(=O)Nc1nc(Cn2cnc3sc(-c4ccccc4)c(C)c3c2=O)cs1. The molecule has 27 heavy (non-hydrogen) atoms. The fourth-order valence-corrected chi connectivity index (χ4v) is 4.79. The summed E-state index contributed by atoms with van der Waals surface area (Å²) < 4.78 is 1.56. The Morgan fingerprint density at radius 1 is 1.26 bits per heavy atom. The number of anilines is 1. The van der Waals surface area contributed by atoms with Crippen LogP contribution in [0.3, 0.4) is 0 Å². The summed E-state index contributed by atoms with van der Waals surface area (Å²) in [7, 11) is 0. The number of thiazole rings is 1. The maximum Gasteiger partial charge on any atom is 0.262 e. The molecule has 0 unspecified atom stereocenters. The molecule has 136 valence electrons. The molecule has 0 fully saturated rings. The number of hydrogen-bond acceptors (Lipinski definition) is 6. The Hall–Kier alpha value is -2.84. The maximum absolute atomic E-state index is 13.0. The van der Waals surface area contributed by atoms with Gasteiger partial charge in [-0.2, -0.15) is 0 Å². The van der Waals surface area contributed by atoms with Crippen LogP contribution in [0.4, 0.5) is 5.13 Å². The number of hydrogen-bond donors (Lipinski definition) is 1. The monoisotopic (exact) mass is 396 g/mol. The zero-order valence-electron chi connectivity index (χ0n) is 14.7. The minimum atomic E-state index is -0.168. The predicted molar refractivity (Wildman–Crippen MR) is 110 cm³/mol. The van der Waals surface area contributed by atoms with Crippen LogP contribution in [0.2, 0.25) is 0 Å². The molecule has 0 aliphatic heterocycles. The van der Waals surface area contributed by atoms with E-state index in [9.17, 15) is 9.59 Å². The van der Waals surface area contributed by atoms with E-state index in [1.807, 2.05) is 42.6 Å². The molecular weight excluding hydrogens is 380 g/mol. The Morgan fingerprint density at radius 3 is 2.78 bits per heavy atom. The third kappa shape index (κ3) is 3.41. The van der Waals surface area contributed by atoms with E-state index < -0.39 is 0 Å². The van der Waals surface area contributed by atoms with E-state index in [0.29, 0.717) is 22.8 Å². The number of thiophene rings is 1. The van der Waals surface area contributed by atoms with Crippen molar-refractivity contribution in [2.75, 3.05) is 5.32 Å². The summed E-state index contributed by atoms with van der Waals surface area (Å²) >= 11 is 2.87. The van der Waals surface area contributed by atoms with E-state index in [2.05, 4.69) is 15.3 Å². The highest BCUT2D eigenvalue weighted by molar-refractivity contribution is 7.22. The molecule has 6 nitrogen and oxygen atoms in total. The molecule has 3 heterocycles. The Morgan fingerprint density at radius 2 is 2.04 bits per heavy atom. The second kappa shape index (κ2) is 7.05. The quantitative estimate of drug-likeness (QED) is 0.568. The average Bonchev–Trinajstić information content (AvgIpc) is 3.22. The topological polar surface area (TPSA) is 76.9 Å². The molecule has 0 atom stereocenters. The van der Waals surface area contributed by atoms with E-state index in [4.69, 9.17) is 0 Å². The molecule has 0 saturated heterocycles. The standard InChI is InChI=1S/C19H16N4O2S2/c1-11-15-17(27-16(11)13-6-4-3-5-7-13)20-10-23(18(15)25)8-14-9-26-19(22-14)21-12(2)24/h3-7,9-10H,8H2,1-2H3,(H,21,22,24). The number of nitrogens with one attached hydrogen (secondary N) is 1. The Kier molecular flexibility index (Phi) is 4.59. The van der Waals surface area contributed by atoms with Gasteiger partial charge in [-0.15, -0.1) is 22.7 Å². The number of amides is 1. The normalized spacial score (nSPS) is 11.0. The van der Waals surface area contributed by atoms with Gasteiger partial charge in [-0.1, -0.05) is 30.3 Å². The lowest BCUT2D eigenvalue weighted by Crippen LogP contribution is -2.21. The highest BCUT2D eigenvalue weighted by Crippen LogP contribution is 2.35. The molecule has 4 aromatic rings. The van der Waals surface area contributed by atoms with Crippen LogP contribution >= 0.6 is 22.7 Å². The van der Waals surface area contributed by atoms with Gasteiger partial charge < -0.3 is 5.32 Å². The molecule has 0 bridgehead atoms. The van der Waals surface area contributed by atoms with Gasteiger partial charge in [0.1, 0.15) is 4.83 Å². The number of fused-ring (bicyclic) bond motifs is 1. The van der Waals surface area contributed by atoms with E-state index in [0.717, 1.165) is 20.8 Å². The first-order valence-corrected chi connectivity index (χ1v) is 9.98. The van der Waals surface area contributed by atoms with Gasteiger partial charge in [0.15, 0.2) is 5.13 Å². The summed E-state index contributed by atoms with van der Waals surface area (Å²) in [5, 5.41) is 5.66. The van der Waals surface area contributed by atoms with Crippen LogP contribution in [-0.4, -0.2) is 20.4 Å². The molecule has 8 heteroatoms. The van der Waals surface area contributed by atoms with Crippen LogP contribution in [-0.2, 0) is 11.3 Å². The predicted octanol–water partition coefficient (Wildman–Crippen LogP) is 3.90. The van der Waals surface area contributed by atoms with E-state index in [1.54, 1.807) is 10.9 Å². The number of rotatable bonds is 4. The number of nitrogens with zero attached hydrogens (tertiary/aromatic N) is 3. The van der Waals surface area contributed by atoms with Crippen LogP contribution in [0.1, 0.15) is 18.2 Å². The van der Waals surface area contributed by atoms with Crippen molar-refractivity contribution in [3.8, 4) is 10.4 Å². The number of carbonyl (C=O) groups is 1. The van der Waals surface area contributed by atoms with Crippen molar-refractivity contribution in [2.45, 2.75) is 20.4 Å². The van der Waals surface area contributed by atoms with Gasteiger partial charge in [0.05, 0.1) is 24.0 Å². The van der Waals surface area contributed by atoms with Crippen molar-refractivity contribution in [2.24, 2.45) is 0 Å². The van der Waals surface area contributed by atoms with Gasteiger partial charge in [-0.05, 0) is 18.1 Å². The zero-order chi connectivity index (χ0) is 19.0. The molecule has 3 aromatic heterocycles. The van der Waals surface area contributed by atoms with Crippen LogP contribution in [0, 0.1) is 6.92 Å². The number of benzene rings is 1. The zero-order valence-corrected chi connectivity index (χ0v) is 16.4. The molecule has 0 radical (unpaired) electrons. The van der Waals surface area contributed by atoms with Crippen LogP contribution in [0.25, 0.3) is 20.7 Å². The lowest BCUT2D eigenvalue weighted by atomic mass is 10.1. The van der Waals surface area contributed by atoms with E-state index >= 15 is 0 Å². The molecule has 4 rings (SSSR count). The molecule has 0 spiro atoms. The van der Waals surface area contributed by atoms with Gasteiger partial charge in [-0.3, -0.25) is 14.2 Å². The minimum Gasteiger partial charge on any atom is -0.302 e. The number of aromatic nitrogens is 3. The summed E-state index contributed by atoms with van der Waals surface area (Å²) in [6, 6.07) is 10.0. The lowest BCUT2D eigenvalue weighted by Gasteiger charge is -2.03. The Bertz CT molecular complexity index is 1190.